The van der Waals surface area contributed by atoms with E-state index in [0.29, 0.717) is 12.1 Å². The summed E-state index contributed by atoms with van der Waals surface area (Å²) in [5.74, 6) is 0.264. The largest absolute Gasteiger partial charge is 0.337 e. The Balaban J connectivity index is 1.84. The van der Waals surface area contributed by atoms with Crippen molar-refractivity contribution in [1.29, 1.82) is 0 Å². The van der Waals surface area contributed by atoms with Crippen molar-refractivity contribution in [2.24, 2.45) is 5.73 Å². The molecule has 1 saturated carbocycles. The summed E-state index contributed by atoms with van der Waals surface area (Å²) in [6.45, 7) is 5.64. The molecular formula is C12H23N3O. The fourth-order valence-electron chi connectivity index (χ4n) is 2.77. The molecule has 2 N–H and O–H groups in total. The molecule has 0 aromatic rings. The van der Waals surface area contributed by atoms with Crippen LogP contribution in [0.2, 0.25) is 0 Å². The Morgan fingerprint density at radius 2 is 1.81 bits per heavy atom. The van der Waals surface area contributed by atoms with Gasteiger partial charge in [-0.2, -0.15) is 0 Å². The zero-order valence-corrected chi connectivity index (χ0v) is 10.2. The highest BCUT2D eigenvalue weighted by atomic mass is 16.2. The molecule has 2 rings (SSSR count). The van der Waals surface area contributed by atoms with Crippen LogP contribution >= 0.6 is 0 Å². The SMILES string of the molecule is CC(=O)N(C1CC1)C1CCN(CCN)CC1. The highest BCUT2D eigenvalue weighted by Crippen LogP contribution is 2.31. The van der Waals surface area contributed by atoms with Gasteiger partial charge in [0.15, 0.2) is 0 Å². The number of piperidine rings is 1. The average molecular weight is 225 g/mol. The Bertz CT molecular complexity index is 245. The Hall–Kier alpha value is -0.610. The van der Waals surface area contributed by atoms with Crippen LogP contribution in [0.25, 0.3) is 0 Å². The predicted octanol–water partition coefficient (Wildman–Crippen LogP) is 0.420. The van der Waals surface area contributed by atoms with Gasteiger partial charge in [0.1, 0.15) is 0 Å². The molecule has 2 fully saturated rings. The molecule has 0 aromatic heterocycles. The van der Waals surface area contributed by atoms with Crippen molar-refractivity contribution in [1.82, 2.24) is 9.80 Å². The van der Waals surface area contributed by atoms with Gasteiger partial charge in [-0.3, -0.25) is 4.79 Å². The molecule has 0 aromatic carbocycles. The normalized spacial score (nSPS) is 23.4. The van der Waals surface area contributed by atoms with Gasteiger partial charge in [-0.25, -0.2) is 0 Å². The minimum Gasteiger partial charge on any atom is -0.337 e. The third kappa shape index (κ3) is 2.74. The molecule has 92 valence electrons. The molecule has 0 radical (unpaired) electrons. The standard InChI is InChI=1S/C12H23N3O/c1-10(16)15(11-2-3-11)12-4-7-14(8-5-12)9-6-13/h11-12H,2-9,13H2,1H3. The summed E-state index contributed by atoms with van der Waals surface area (Å²) in [5.41, 5.74) is 5.55. The van der Waals surface area contributed by atoms with E-state index >= 15 is 0 Å². The number of carbonyl (C=O) groups excluding carboxylic acids is 1. The molecule has 4 heteroatoms. The number of hydrogen-bond donors (Lipinski definition) is 1. The molecule has 0 unspecified atom stereocenters. The maximum absolute atomic E-state index is 11.6. The summed E-state index contributed by atoms with van der Waals surface area (Å²) >= 11 is 0. The summed E-state index contributed by atoms with van der Waals surface area (Å²) in [7, 11) is 0. The van der Waals surface area contributed by atoms with Crippen LogP contribution in [0.1, 0.15) is 32.6 Å². The van der Waals surface area contributed by atoms with E-state index in [1.54, 1.807) is 6.92 Å². The second kappa shape index (κ2) is 5.15. The molecule has 1 aliphatic heterocycles. The summed E-state index contributed by atoms with van der Waals surface area (Å²) < 4.78 is 0. The fraction of sp³-hybridized carbons (Fsp3) is 0.917. The van der Waals surface area contributed by atoms with Crippen LogP contribution in [-0.4, -0.2) is 54.0 Å². The first-order valence-corrected chi connectivity index (χ1v) is 6.43. The van der Waals surface area contributed by atoms with Crippen LogP contribution in [0, 0.1) is 0 Å². The molecule has 0 spiro atoms. The lowest BCUT2D eigenvalue weighted by Gasteiger charge is -2.38. The lowest BCUT2D eigenvalue weighted by molar-refractivity contribution is -0.132. The number of nitrogens with zero attached hydrogens (tertiary/aromatic N) is 2. The average Bonchev–Trinajstić information content (AvgIpc) is 3.05. The topological polar surface area (TPSA) is 49.6 Å². The third-order valence-corrected chi connectivity index (χ3v) is 3.70. The van der Waals surface area contributed by atoms with E-state index in [1.165, 1.54) is 12.8 Å². The van der Waals surface area contributed by atoms with Gasteiger partial charge in [0, 0.05) is 45.2 Å². The summed E-state index contributed by atoms with van der Waals surface area (Å²) in [6.07, 6.45) is 4.66. The van der Waals surface area contributed by atoms with Crippen LogP contribution < -0.4 is 5.73 Å². The van der Waals surface area contributed by atoms with Gasteiger partial charge in [-0.05, 0) is 25.7 Å². The molecule has 0 bridgehead atoms. The highest BCUT2D eigenvalue weighted by Gasteiger charge is 2.36. The molecule has 0 atom stereocenters. The monoisotopic (exact) mass is 225 g/mol. The van der Waals surface area contributed by atoms with Crippen LogP contribution in [0.15, 0.2) is 0 Å². The number of hydrogen-bond acceptors (Lipinski definition) is 3. The van der Waals surface area contributed by atoms with E-state index in [-0.39, 0.29) is 5.91 Å². The highest BCUT2D eigenvalue weighted by molar-refractivity contribution is 5.74. The van der Waals surface area contributed by atoms with Gasteiger partial charge >= 0.3 is 0 Å². The van der Waals surface area contributed by atoms with E-state index < -0.39 is 0 Å². The Kier molecular flexibility index (Phi) is 3.82. The lowest BCUT2D eigenvalue weighted by atomic mass is 10.0. The van der Waals surface area contributed by atoms with E-state index in [9.17, 15) is 4.79 Å². The van der Waals surface area contributed by atoms with Crippen LogP contribution in [0.3, 0.4) is 0 Å². The van der Waals surface area contributed by atoms with Crippen LogP contribution in [0.5, 0.6) is 0 Å². The van der Waals surface area contributed by atoms with Gasteiger partial charge in [-0.1, -0.05) is 0 Å². The maximum atomic E-state index is 11.6. The van der Waals surface area contributed by atoms with E-state index in [2.05, 4.69) is 9.80 Å². The van der Waals surface area contributed by atoms with Crippen LogP contribution in [-0.2, 0) is 4.79 Å². The lowest BCUT2D eigenvalue weighted by Crippen LogP contribution is -2.48. The molecular weight excluding hydrogens is 202 g/mol. The van der Waals surface area contributed by atoms with Crippen molar-refractivity contribution in [2.45, 2.75) is 44.7 Å². The number of likely N-dealkylation sites (tertiary alicyclic amines) is 1. The van der Waals surface area contributed by atoms with Crippen molar-refractivity contribution >= 4 is 5.91 Å². The predicted molar refractivity (Wildman–Crippen MR) is 64.1 cm³/mol. The zero-order valence-electron chi connectivity index (χ0n) is 10.2. The minimum absolute atomic E-state index is 0.264. The number of carbonyl (C=O) groups is 1. The Morgan fingerprint density at radius 1 is 1.25 bits per heavy atom. The van der Waals surface area contributed by atoms with Crippen molar-refractivity contribution in [3.8, 4) is 0 Å². The third-order valence-electron chi connectivity index (χ3n) is 3.70. The van der Waals surface area contributed by atoms with Crippen molar-refractivity contribution in [2.75, 3.05) is 26.2 Å². The van der Waals surface area contributed by atoms with Gasteiger partial charge in [0.25, 0.3) is 0 Å². The van der Waals surface area contributed by atoms with Crippen molar-refractivity contribution in [3.05, 3.63) is 0 Å². The summed E-state index contributed by atoms with van der Waals surface area (Å²) in [4.78, 5) is 16.2. The molecule has 1 aliphatic carbocycles. The first-order valence-electron chi connectivity index (χ1n) is 6.43. The van der Waals surface area contributed by atoms with E-state index in [1.807, 2.05) is 0 Å². The van der Waals surface area contributed by atoms with Gasteiger partial charge in [-0.15, -0.1) is 0 Å². The summed E-state index contributed by atoms with van der Waals surface area (Å²) in [6, 6.07) is 1.04. The number of nitrogens with two attached hydrogens (primary N) is 1. The molecule has 2 aliphatic rings. The van der Waals surface area contributed by atoms with Crippen LogP contribution in [0.4, 0.5) is 0 Å². The quantitative estimate of drug-likeness (QED) is 0.754. The molecule has 1 heterocycles. The van der Waals surface area contributed by atoms with Gasteiger partial charge in [0.05, 0.1) is 0 Å². The molecule has 1 amide bonds. The molecule has 4 nitrogen and oxygen atoms in total. The van der Waals surface area contributed by atoms with Crippen molar-refractivity contribution in [3.63, 3.8) is 0 Å². The minimum atomic E-state index is 0.264. The summed E-state index contributed by atoms with van der Waals surface area (Å²) in [5, 5.41) is 0. The molecule has 1 saturated heterocycles. The fourth-order valence-corrected chi connectivity index (χ4v) is 2.77. The van der Waals surface area contributed by atoms with Gasteiger partial charge < -0.3 is 15.5 Å². The van der Waals surface area contributed by atoms with E-state index in [0.717, 1.165) is 39.0 Å². The first-order chi connectivity index (χ1) is 7.72. The smallest absolute Gasteiger partial charge is 0.219 e. The zero-order chi connectivity index (χ0) is 11.5. The second-order valence-electron chi connectivity index (χ2n) is 5.02. The van der Waals surface area contributed by atoms with E-state index in [4.69, 9.17) is 5.73 Å². The maximum Gasteiger partial charge on any atom is 0.219 e. The number of rotatable bonds is 4. The number of amides is 1. The van der Waals surface area contributed by atoms with Crippen molar-refractivity contribution < 1.29 is 4.79 Å². The molecule has 16 heavy (non-hydrogen) atoms. The van der Waals surface area contributed by atoms with Gasteiger partial charge in [0.2, 0.25) is 5.91 Å². The Labute approximate surface area is 97.8 Å². The second-order valence-corrected chi connectivity index (χ2v) is 5.02. The Morgan fingerprint density at radius 3 is 2.25 bits per heavy atom. The first kappa shape index (κ1) is 11.9.